The van der Waals surface area contributed by atoms with Gasteiger partial charge in [-0.2, -0.15) is 5.26 Å². The maximum atomic E-state index is 10.3. The number of aliphatic imine (C=N–C) groups is 1. The van der Waals surface area contributed by atoms with Gasteiger partial charge in [-0.25, -0.2) is 0 Å². The van der Waals surface area contributed by atoms with E-state index in [-0.39, 0.29) is 5.92 Å². The smallest absolute Gasteiger partial charge is 0.137 e. The fourth-order valence-corrected chi connectivity index (χ4v) is 3.49. The van der Waals surface area contributed by atoms with Crippen LogP contribution in [0.25, 0.3) is 5.57 Å². The second kappa shape index (κ2) is 9.75. The first kappa shape index (κ1) is 21.1. The van der Waals surface area contributed by atoms with Gasteiger partial charge in [0.25, 0.3) is 0 Å². The Morgan fingerprint density at radius 3 is 2.70 bits per heavy atom. The number of nitrogens with zero attached hydrogens (tertiary/aromatic N) is 5. The molecule has 3 heterocycles. The van der Waals surface area contributed by atoms with E-state index in [2.05, 4.69) is 40.1 Å². The molecule has 30 heavy (non-hydrogen) atoms. The average molecular weight is 399 g/mol. The van der Waals surface area contributed by atoms with Crippen molar-refractivity contribution >= 4 is 11.8 Å². The molecule has 0 radical (unpaired) electrons. The molecule has 0 saturated carbocycles. The summed E-state index contributed by atoms with van der Waals surface area (Å²) in [5.74, 6) is 0.465. The van der Waals surface area contributed by atoms with Crippen LogP contribution >= 0.6 is 0 Å². The predicted octanol–water partition coefficient (Wildman–Crippen LogP) is 4.96. The van der Waals surface area contributed by atoms with Gasteiger partial charge in [0.1, 0.15) is 11.8 Å². The number of hydrogen-bond donors (Lipinski definition) is 0. The molecular weight excluding hydrogens is 374 g/mol. The number of pyridine rings is 1. The molecule has 152 valence electrons. The number of ether oxygens (including phenoxy) is 1. The van der Waals surface area contributed by atoms with Crippen LogP contribution < -0.4 is 4.74 Å². The second-order valence-electron chi connectivity index (χ2n) is 7.03. The highest BCUT2D eigenvalue weighted by atomic mass is 16.5. The Bertz CT molecular complexity index is 1070. The molecule has 0 spiro atoms. The molecule has 0 N–H and O–H groups in total. The zero-order chi connectivity index (χ0) is 21.5. The molecule has 1 aliphatic heterocycles. The lowest BCUT2D eigenvalue weighted by Crippen LogP contribution is -2.09. The third-order valence-electron chi connectivity index (χ3n) is 5.08. The Kier molecular flexibility index (Phi) is 6.87. The highest BCUT2D eigenvalue weighted by Gasteiger charge is 2.26. The van der Waals surface area contributed by atoms with E-state index in [4.69, 9.17) is 9.73 Å². The Morgan fingerprint density at radius 2 is 2.03 bits per heavy atom. The van der Waals surface area contributed by atoms with Crippen molar-refractivity contribution in [2.24, 2.45) is 4.99 Å². The zero-order valence-electron chi connectivity index (χ0n) is 17.8. The van der Waals surface area contributed by atoms with E-state index >= 15 is 0 Å². The van der Waals surface area contributed by atoms with E-state index in [0.29, 0.717) is 11.3 Å². The molecule has 0 amide bonds. The van der Waals surface area contributed by atoms with E-state index in [9.17, 15) is 5.26 Å². The van der Waals surface area contributed by atoms with Gasteiger partial charge in [-0.1, -0.05) is 19.1 Å². The molecule has 6 heteroatoms. The molecule has 3 rings (SSSR count). The quantitative estimate of drug-likeness (QED) is 0.641. The molecule has 2 aromatic heterocycles. The standard InChI is InChI=1S/C24H25N5O/c1-5-19(23-15-26-9-10-27-23)24(22-8-6-7-16(2)13-29-22)21(12-25)20-11-18(30-4)14-28-17(20)3/h7-11,13-15,19H,5-6H2,1-4H3/b24-21+. The summed E-state index contributed by atoms with van der Waals surface area (Å²) < 4.78 is 5.37. The molecule has 2 aromatic rings. The lowest BCUT2D eigenvalue weighted by molar-refractivity contribution is 0.412. The molecule has 0 fully saturated rings. The van der Waals surface area contributed by atoms with Crippen LogP contribution in [0.5, 0.6) is 5.75 Å². The topological polar surface area (TPSA) is 84.0 Å². The first-order valence-corrected chi connectivity index (χ1v) is 9.91. The SMILES string of the molecule is CCC(/C(C1=CCC=C(C)C=N1)=C(/C#N)c1cc(OC)cnc1C)c1cnccn1. The summed E-state index contributed by atoms with van der Waals surface area (Å²) >= 11 is 0. The summed E-state index contributed by atoms with van der Waals surface area (Å²) in [6.45, 7) is 5.99. The normalized spacial score (nSPS) is 15.3. The minimum absolute atomic E-state index is 0.138. The Morgan fingerprint density at radius 1 is 1.20 bits per heavy atom. The van der Waals surface area contributed by atoms with Crippen LogP contribution in [0.3, 0.4) is 0 Å². The van der Waals surface area contributed by atoms with Gasteiger partial charge in [0.2, 0.25) is 0 Å². The third-order valence-corrected chi connectivity index (χ3v) is 5.08. The largest absolute Gasteiger partial charge is 0.495 e. The van der Waals surface area contributed by atoms with Crippen molar-refractivity contribution in [1.29, 1.82) is 5.26 Å². The first-order chi connectivity index (χ1) is 14.6. The van der Waals surface area contributed by atoms with Gasteiger partial charge in [-0.05, 0) is 38.3 Å². The number of aryl methyl sites for hydroxylation is 1. The lowest BCUT2D eigenvalue weighted by atomic mass is 9.84. The van der Waals surface area contributed by atoms with Crippen LogP contribution in [0.15, 0.2) is 64.8 Å². The number of hydrogen-bond acceptors (Lipinski definition) is 6. The highest BCUT2D eigenvalue weighted by Crippen LogP contribution is 2.39. The summed E-state index contributed by atoms with van der Waals surface area (Å²) in [6.07, 6.45) is 14.2. The fraction of sp³-hybridized carbons (Fsp3) is 0.292. The number of methoxy groups -OCH3 is 1. The first-order valence-electron chi connectivity index (χ1n) is 9.91. The van der Waals surface area contributed by atoms with Crippen LogP contribution in [0.2, 0.25) is 0 Å². The van der Waals surface area contributed by atoms with Crippen molar-refractivity contribution in [2.45, 2.75) is 39.5 Å². The number of allylic oxidation sites excluding steroid dienone is 5. The molecule has 1 unspecified atom stereocenters. The van der Waals surface area contributed by atoms with E-state index in [1.54, 1.807) is 31.9 Å². The number of rotatable bonds is 6. The zero-order valence-corrected chi connectivity index (χ0v) is 17.8. The van der Waals surface area contributed by atoms with Crippen LogP contribution in [0, 0.1) is 18.3 Å². The van der Waals surface area contributed by atoms with Gasteiger partial charge in [-0.15, -0.1) is 0 Å². The van der Waals surface area contributed by atoms with Crippen LogP contribution in [0.1, 0.15) is 49.6 Å². The maximum absolute atomic E-state index is 10.3. The maximum Gasteiger partial charge on any atom is 0.137 e. The van der Waals surface area contributed by atoms with E-state index in [1.807, 2.05) is 26.1 Å². The molecule has 0 bridgehead atoms. The summed E-state index contributed by atoms with van der Waals surface area (Å²) in [5, 5.41) is 10.3. The van der Waals surface area contributed by atoms with Crippen molar-refractivity contribution in [2.75, 3.05) is 7.11 Å². The second-order valence-corrected chi connectivity index (χ2v) is 7.03. The van der Waals surface area contributed by atoms with Crippen LogP contribution in [0.4, 0.5) is 0 Å². The molecule has 0 saturated heterocycles. The molecule has 1 atom stereocenters. The summed E-state index contributed by atoms with van der Waals surface area (Å²) in [5.41, 5.74) is 5.52. The minimum Gasteiger partial charge on any atom is -0.495 e. The van der Waals surface area contributed by atoms with Crippen molar-refractivity contribution in [3.05, 3.63) is 76.8 Å². The van der Waals surface area contributed by atoms with Crippen LogP contribution in [-0.4, -0.2) is 28.3 Å². The Hall–Kier alpha value is -3.59. The molecular formula is C24H25N5O. The van der Waals surface area contributed by atoms with Crippen molar-refractivity contribution in [3.63, 3.8) is 0 Å². The van der Waals surface area contributed by atoms with Gasteiger partial charge in [-0.3, -0.25) is 19.9 Å². The van der Waals surface area contributed by atoms with E-state index in [0.717, 1.165) is 46.6 Å². The summed E-state index contributed by atoms with van der Waals surface area (Å²) in [7, 11) is 1.59. The Balaban J connectivity index is 2.31. The van der Waals surface area contributed by atoms with Crippen molar-refractivity contribution in [3.8, 4) is 11.8 Å². The highest BCUT2D eigenvalue weighted by molar-refractivity contribution is 5.86. The minimum atomic E-state index is -0.138. The van der Waals surface area contributed by atoms with Crippen molar-refractivity contribution < 1.29 is 4.74 Å². The molecule has 0 aliphatic carbocycles. The lowest BCUT2D eigenvalue weighted by Gasteiger charge is -2.21. The van der Waals surface area contributed by atoms with Gasteiger partial charge in [0, 0.05) is 47.6 Å². The summed E-state index contributed by atoms with van der Waals surface area (Å²) in [6, 6.07) is 4.28. The predicted molar refractivity (Wildman–Crippen MR) is 118 cm³/mol. The number of nitriles is 1. The van der Waals surface area contributed by atoms with Gasteiger partial charge >= 0.3 is 0 Å². The fourth-order valence-electron chi connectivity index (χ4n) is 3.49. The Labute approximate surface area is 177 Å². The van der Waals surface area contributed by atoms with Gasteiger partial charge in [0.05, 0.1) is 30.3 Å². The van der Waals surface area contributed by atoms with Gasteiger partial charge in [0.15, 0.2) is 0 Å². The third kappa shape index (κ3) is 4.52. The van der Waals surface area contributed by atoms with Gasteiger partial charge < -0.3 is 4.74 Å². The van der Waals surface area contributed by atoms with E-state index in [1.165, 1.54) is 0 Å². The molecule has 1 aliphatic rings. The van der Waals surface area contributed by atoms with Crippen LogP contribution in [-0.2, 0) is 0 Å². The monoisotopic (exact) mass is 399 g/mol. The summed E-state index contributed by atoms with van der Waals surface area (Å²) in [4.78, 5) is 17.9. The average Bonchev–Trinajstić information content (AvgIpc) is 2.99. The van der Waals surface area contributed by atoms with E-state index < -0.39 is 0 Å². The van der Waals surface area contributed by atoms with Crippen molar-refractivity contribution in [1.82, 2.24) is 15.0 Å². The molecule has 0 aromatic carbocycles. The molecule has 6 nitrogen and oxygen atoms in total. The number of aromatic nitrogens is 3.